The van der Waals surface area contributed by atoms with Crippen molar-refractivity contribution in [3.05, 3.63) is 77.7 Å². The lowest BCUT2D eigenvalue weighted by molar-refractivity contribution is 0.0633. The second-order valence-corrected chi connectivity index (χ2v) is 8.45. The van der Waals surface area contributed by atoms with Gasteiger partial charge >= 0.3 is 6.09 Å². The van der Waals surface area contributed by atoms with Gasteiger partial charge in [-0.3, -0.25) is 9.48 Å². The molecular weight excluding hydrogens is 451 g/mol. The fourth-order valence-electron chi connectivity index (χ4n) is 4.57. The van der Waals surface area contributed by atoms with Gasteiger partial charge in [-0.2, -0.15) is 10.4 Å². The van der Waals surface area contributed by atoms with E-state index in [1.54, 1.807) is 0 Å². The lowest BCUT2D eigenvalue weighted by Crippen LogP contribution is -2.51. The van der Waals surface area contributed by atoms with Crippen LogP contribution in [0.2, 0.25) is 0 Å². The molecule has 1 aliphatic rings. The van der Waals surface area contributed by atoms with E-state index in [1.807, 2.05) is 30.3 Å². The van der Waals surface area contributed by atoms with E-state index in [4.69, 9.17) is 5.73 Å². The predicted octanol–water partition coefficient (Wildman–Crippen LogP) is 3.93. The molecule has 2 amide bonds. The molecule has 3 aromatic rings. The van der Waals surface area contributed by atoms with E-state index < -0.39 is 35.8 Å². The van der Waals surface area contributed by atoms with Crippen LogP contribution in [0.3, 0.4) is 0 Å². The van der Waals surface area contributed by atoms with Crippen molar-refractivity contribution in [1.82, 2.24) is 14.7 Å². The minimum atomic E-state index is -1.07. The Morgan fingerprint density at radius 2 is 1.91 bits per heavy atom. The topological polar surface area (TPSA) is 137 Å². The maximum atomic E-state index is 13.3. The Bertz CT molecular complexity index is 1240. The lowest BCUT2D eigenvalue weighted by Gasteiger charge is -2.41. The lowest BCUT2D eigenvalue weighted by atomic mass is 9.83. The van der Waals surface area contributed by atoms with Crippen molar-refractivity contribution in [3.8, 4) is 6.07 Å². The van der Waals surface area contributed by atoms with Gasteiger partial charge in [0.05, 0.1) is 24.1 Å². The average Bonchev–Trinajstić information content (AvgIpc) is 3.28. The number of amides is 2. The van der Waals surface area contributed by atoms with Gasteiger partial charge in [0, 0.05) is 18.4 Å². The number of hydrogen-bond acceptors (Lipinski definition) is 5. The van der Waals surface area contributed by atoms with Gasteiger partial charge in [0.15, 0.2) is 5.82 Å². The largest absolute Gasteiger partial charge is 0.465 e. The van der Waals surface area contributed by atoms with Gasteiger partial charge in [-0.25, -0.2) is 9.18 Å². The van der Waals surface area contributed by atoms with Crippen molar-refractivity contribution in [2.75, 3.05) is 11.9 Å². The summed E-state index contributed by atoms with van der Waals surface area (Å²) in [7, 11) is 0. The van der Waals surface area contributed by atoms with Gasteiger partial charge < -0.3 is 21.1 Å². The maximum absolute atomic E-state index is 13.3. The number of carbonyl (C=O) groups excluding carboxylic acids is 1. The number of anilines is 2. The molecule has 10 heteroatoms. The van der Waals surface area contributed by atoms with Gasteiger partial charge in [0.2, 0.25) is 0 Å². The molecule has 0 aliphatic carbocycles. The minimum absolute atomic E-state index is 0.118. The quantitative estimate of drug-likeness (QED) is 0.472. The Balaban J connectivity index is 1.62. The molecule has 9 nitrogen and oxygen atoms in total. The van der Waals surface area contributed by atoms with Crippen molar-refractivity contribution < 1.29 is 19.1 Å². The molecule has 1 aromatic heterocycles. The van der Waals surface area contributed by atoms with Crippen LogP contribution in [0.1, 0.15) is 34.8 Å². The summed E-state index contributed by atoms with van der Waals surface area (Å²) >= 11 is 0. The number of nitrogens with zero attached hydrogens (tertiary/aromatic N) is 4. The highest BCUT2D eigenvalue weighted by molar-refractivity contribution is 5.98. The Morgan fingerprint density at radius 3 is 2.54 bits per heavy atom. The van der Waals surface area contributed by atoms with E-state index in [0.29, 0.717) is 24.9 Å². The molecule has 1 aliphatic heterocycles. The van der Waals surface area contributed by atoms with Crippen LogP contribution in [-0.2, 0) is 6.42 Å². The molecule has 0 radical (unpaired) electrons. The van der Waals surface area contributed by atoms with Gasteiger partial charge in [-0.05, 0) is 49.1 Å². The number of nitrogens with two attached hydrogens (primary N) is 1. The number of primary amides is 1. The molecule has 35 heavy (non-hydrogen) atoms. The van der Waals surface area contributed by atoms with E-state index in [2.05, 4.69) is 16.5 Å². The first-order chi connectivity index (χ1) is 16.9. The number of rotatable bonds is 7. The zero-order chi connectivity index (χ0) is 24.9. The third-order valence-corrected chi connectivity index (χ3v) is 6.31. The smallest absolute Gasteiger partial charge is 0.407 e. The van der Waals surface area contributed by atoms with Crippen LogP contribution in [-0.4, -0.2) is 44.4 Å². The Labute approximate surface area is 201 Å². The third-order valence-electron chi connectivity index (χ3n) is 6.31. The molecule has 180 valence electrons. The number of aryl methyl sites for hydroxylation is 1. The highest BCUT2D eigenvalue weighted by Gasteiger charge is 2.42. The molecule has 3 atom stereocenters. The monoisotopic (exact) mass is 476 g/mol. The van der Waals surface area contributed by atoms with Crippen LogP contribution in [0.25, 0.3) is 0 Å². The van der Waals surface area contributed by atoms with E-state index in [-0.39, 0.29) is 17.9 Å². The minimum Gasteiger partial charge on any atom is -0.465 e. The number of carbonyl (C=O) groups is 2. The molecular formula is C25H25FN6O3. The summed E-state index contributed by atoms with van der Waals surface area (Å²) in [4.78, 5) is 25.4. The van der Waals surface area contributed by atoms with Crippen molar-refractivity contribution >= 4 is 23.5 Å². The molecule has 0 saturated carbocycles. The van der Waals surface area contributed by atoms with Gasteiger partial charge in [0.1, 0.15) is 11.4 Å². The van der Waals surface area contributed by atoms with Crippen molar-refractivity contribution in [1.29, 1.82) is 5.26 Å². The zero-order valence-corrected chi connectivity index (χ0v) is 18.8. The van der Waals surface area contributed by atoms with Crippen LogP contribution in [0.15, 0.2) is 60.8 Å². The van der Waals surface area contributed by atoms with Crippen LogP contribution >= 0.6 is 0 Å². The number of hydrogen-bond donors (Lipinski definition) is 3. The van der Waals surface area contributed by atoms with Gasteiger partial charge in [-0.1, -0.05) is 30.3 Å². The predicted molar refractivity (Wildman–Crippen MR) is 126 cm³/mol. The molecule has 4 N–H and O–H groups in total. The molecule has 4 rings (SSSR count). The Morgan fingerprint density at radius 1 is 1.20 bits per heavy atom. The molecule has 1 unspecified atom stereocenters. The average molecular weight is 477 g/mol. The fourth-order valence-corrected chi connectivity index (χ4v) is 4.57. The second-order valence-electron chi connectivity index (χ2n) is 8.45. The number of nitriles is 1. The highest BCUT2D eigenvalue weighted by atomic mass is 19.1. The van der Waals surface area contributed by atoms with E-state index in [0.717, 1.165) is 5.56 Å². The van der Waals surface area contributed by atoms with Crippen molar-refractivity contribution in [2.45, 2.75) is 31.3 Å². The second kappa shape index (κ2) is 10.3. The Hall–Kier alpha value is -4.39. The number of carboxylic acid groups (broad SMARTS) is 1. The summed E-state index contributed by atoms with van der Waals surface area (Å²) in [5.74, 6) is -1.62. The number of piperidine rings is 1. The first-order valence-electron chi connectivity index (χ1n) is 11.2. The van der Waals surface area contributed by atoms with Crippen LogP contribution < -0.4 is 11.1 Å². The SMILES string of the molecule is N#C[C@@H]1C(CCc2ccccc2)N(C(=O)O)CC[C@@H]1n1cc(C(N)=O)c(Nc2ccc(F)cc2)n1. The summed E-state index contributed by atoms with van der Waals surface area (Å²) < 4.78 is 14.8. The summed E-state index contributed by atoms with van der Waals surface area (Å²) in [6, 6.07) is 16.5. The number of halogens is 1. The highest BCUT2D eigenvalue weighted by Crippen LogP contribution is 2.36. The van der Waals surface area contributed by atoms with Crippen molar-refractivity contribution in [3.63, 3.8) is 0 Å². The standard InChI is InChI=1S/C25H25FN6O3/c26-17-7-9-18(10-8-17)29-24-20(23(28)33)15-32(30-24)22-12-13-31(25(34)35)21(19(22)14-27)11-6-16-4-2-1-3-5-16/h1-5,7-10,15,19,21-22H,6,11-13H2,(H2,28,33)(H,29,30)(H,34,35)/t19-,21?,22+/m1/s1. The Kier molecular flexibility index (Phi) is 6.96. The summed E-state index contributed by atoms with van der Waals surface area (Å²) in [5, 5.41) is 27.3. The van der Waals surface area contributed by atoms with E-state index in [1.165, 1.54) is 40.0 Å². The number of aromatic nitrogens is 2. The van der Waals surface area contributed by atoms with Gasteiger partial charge in [-0.15, -0.1) is 0 Å². The summed E-state index contributed by atoms with van der Waals surface area (Å²) in [5.41, 5.74) is 7.24. The molecule has 0 spiro atoms. The first kappa shape index (κ1) is 23.8. The molecule has 2 heterocycles. The van der Waals surface area contributed by atoms with Crippen LogP contribution in [0.4, 0.5) is 20.7 Å². The molecule has 1 saturated heterocycles. The van der Waals surface area contributed by atoms with Gasteiger partial charge in [0.25, 0.3) is 5.91 Å². The number of likely N-dealkylation sites (tertiary alicyclic amines) is 1. The normalized spacial score (nSPS) is 19.7. The van der Waals surface area contributed by atoms with Crippen LogP contribution in [0.5, 0.6) is 0 Å². The van der Waals surface area contributed by atoms with E-state index >= 15 is 0 Å². The number of benzene rings is 2. The van der Waals surface area contributed by atoms with Crippen LogP contribution in [0, 0.1) is 23.1 Å². The molecule has 2 aromatic carbocycles. The first-order valence-corrected chi connectivity index (χ1v) is 11.2. The molecule has 1 fully saturated rings. The third kappa shape index (κ3) is 5.24. The summed E-state index contributed by atoms with van der Waals surface area (Å²) in [6.07, 6.45) is 1.84. The summed E-state index contributed by atoms with van der Waals surface area (Å²) in [6.45, 7) is 0.226. The van der Waals surface area contributed by atoms with E-state index in [9.17, 15) is 24.3 Å². The maximum Gasteiger partial charge on any atom is 0.407 e. The number of nitrogens with one attached hydrogen (secondary N) is 1. The van der Waals surface area contributed by atoms with Crippen molar-refractivity contribution in [2.24, 2.45) is 11.7 Å². The zero-order valence-electron chi connectivity index (χ0n) is 18.8. The fraction of sp³-hybridized carbons (Fsp3) is 0.280. The molecule has 0 bridgehead atoms.